The lowest BCUT2D eigenvalue weighted by molar-refractivity contribution is 0.152. The van der Waals surface area contributed by atoms with Gasteiger partial charge in [0, 0.05) is 11.6 Å². The minimum absolute atomic E-state index is 0.0923. The van der Waals surface area contributed by atoms with Crippen LogP contribution < -0.4 is 9.46 Å². The van der Waals surface area contributed by atoms with Crippen LogP contribution in [0.15, 0.2) is 39.6 Å². The molecule has 0 fully saturated rings. The molecule has 0 saturated heterocycles. The summed E-state index contributed by atoms with van der Waals surface area (Å²) in [5.74, 6) is 1.09. The third-order valence-corrected chi connectivity index (χ3v) is 4.65. The highest BCUT2D eigenvalue weighted by atomic mass is 35.5. The van der Waals surface area contributed by atoms with Crippen LogP contribution >= 0.6 is 11.6 Å². The molecule has 0 amide bonds. The van der Waals surface area contributed by atoms with Gasteiger partial charge in [0.05, 0.1) is 7.11 Å². The zero-order chi connectivity index (χ0) is 16.3. The minimum Gasteiger partial charge on any atom is -0.495 e. The van der Waals surface area contributed by atoms with E-state index in [-0.39, 0.29) is 22.2 Å². The number of aryl methyl sites for hydroxylation is 1. The van der Waals surface area contributed by atoms with E-state index in [1.165, 1.54) is 25.3 Å². The number of hydrogen-bond donors (Lipinski definition) is 2. The SMILES string of the molecule is COc1ccc(Cl)cc1S(=O)(=O)NC[C@H](O)c1ccc(C)o1. The van der Waals surface area contributed by atoms with Crippen LogP contribution in [0.3, 0.4) is 0 Å². The van der Waals surface area contributed by atoms with E-state index in [2.05, 4.69) is 4.72 Å². The van der Waals surface area contributed by atoms with Gasteiger partial charge in [-0.1, -0.05) is 11.6 Å². The first-order valence-electron chi connectivity index (χ1n) is 6.41. The molecule has 2 rings (SSSR count). The molecule has 2 N–H and O–H groups in total. The largest absolute Gasteiger partial charge is 0.495 e. The van der Waals surface area contributed by atoms with E-state index in [4.69, 9.17) is 20.8 Å². The first kappa shape index (κ1) is 16.8. The maximum Gasteiger partial charge on any atom is 0.244 e. The van der Waals surface area contributed by atoms with E-state index >= 15 is 0 Å². The van der Waals surface area contributed by atoms with Crippen molar-refractivity contribution in [2.45, 2.75) is 17.9 Å². The summed E-state index contributed by atoms with van der Waals surface area (Å²) >= 11 is 5.83. The Kier molecular flexibility index (Phi) is 5.12. The number of aliphatic hydroxyl groups excluding tert-OH is 1. The third-order valence-electron chi connectivity index (χ3n) is 2.97. The Morgan fingerprint density at radius 3 is 2.68 bits per heavy atom. The highest BCUT2D eigenvalue weighted by Gasteiger charge is 2.22. The second-order valence-corrected chi connectivity index (χ2v) is 6.78. The number of furan rings is 1. The molecular formula is C14H16ClNO5S. The molecule has 0 saturated carbocycles. The molecule has 0 radical (unpaired) electrons. The number of ether oxygens (including phenoxy) is 1. The van der Waals surface area contributed by atoms with Gasteiger partial charge >= 0.3 is 0 Å². The normalized spacial score (nSPS) is 13.1. The number of halogens is 1. The van der Waals surface area contributed by atoms with Crippen LogP contribution in [-0.2, 0) is 10.0 Å². The van der Waals surface area contributed by atoms with Gasteiger partial charge in [-0.2, -0.15) is 0 Å². The van der Waals surface area contributed by atoms with Crippen LogP contribution in [0.5, 0.6) is 5.75 Å². The van der Waals surface area contributed by atoms with Crippen molar-refractivity contribution in [3.05, 3.63) is 46.9 Å². The molecule has 120 valence electrons. The Morgan fingerprint density at radius 2 is 2.09 bits per heavy atom. The van der Waals surface area contributed by atoms with Crippen molar-refractivity contribution in [2.75, 3.05) is 13.7 Å². The van der Waals surface area contributed by atoms with E-state index in [1.54, 1.807) is 19.1 Å². The zero-order valence-electron chi connectivity index (χ0n) is 12.0. The summed E-state index contributed by atoms with van der Waals surface area (Å²) in [5, 5.41) is 10.2. The summed E-state index contributed by atoms with van der Waals surface area (Å²) in [7, 11) is -2.52. The molecule has 0 aliphatic heterocycles. The van der Waals surface area contributed by atoms with Crippen molar-refractivity contribution in [3.63, 3.8) is 0 Å². The van der Waals surface area contributed by atoms with Crippen LogP contribution in [0.4, 0.5) is 0 Å². The van der Waals surface area contributed by atoms with Crippen molar-refractivity contribution >= 4 is 21.6 Å². The van der Waals surface area contributed by atoms with Gasteiger partial charge in [0.1, 0.15) is 28.3 Å². The molecule has 1 atom stereocenters. The smallest absolute Gasteiger partial charge is 0.244 e. The molecule has 0 bridgehead atoms. The second kappa shape index (κ2) is 6.70. The van der Waals surface area contributed by atoms with Crippen molar-refractivity contribution in [2.24, 2.45) is 0 Å². The number of sulfonamides is 1. The van der Waals surface area contributed by atoms with E-state index in [0.717, 1.165) is 0 Å². The van der Waals surface area contributed by atoms with Gasteiger partial charge in [-0.05, 0) is 37.3 Å². The maximum atomic E-state index is 12.3. The number of methoxy groups -OCH3 is 1. The topological polar surface area (TPSA) is 88.8 Å². The summed E-state index contributed by atoms with van der Waals surface area (Å²) in [6, 6.07) is 7.55. The standard InChI is InChI=1S/C14H16ClNO5S/c1-9-3-5-12(21-9)11(17)8-16-22(18,19)14-7-10(15)4-6-13(14)20-2/h3-7,11,16-17H,8H2,1-2H3/t11-/m0/s1. The van der Waals surface area contributed by atoms with Gasteiger partial charge in [-0.3, -0.25) is 0 Å². The van der Waals surface area contributed by atoms with Crippen molar-refractivity contribution in [1.29, 1.82) is 0 Å². The minimum atomic E-state index is -3.88. The molecule has 8 heteroatoms. The van der Waals surface area contributed by atoms with Crippen LogP contribution in [0.1, 0.15) is 17.6 Å². The van der Waals surface area contributed by atoms with Gasteiger partial charge in [0.25, 0.3) is 0 Å². The number of benzene rings is 1. The highest BCUT2D eigenvalue weighted by Crippen LogP contribution is 2.27. The lowest BCUT2D eigenvalue weighted by Gasteiger charge is -2.13. The van der Waals surface area contributed by atoms with Gasteiger partial charge < -0.3 is 14.3 Å². The second-order valence-electron chi connectivity index (χ2n) is 4.61. The molecule has 0 aliphatic rings. The Bertz CT molecular complexity index is 756. The lowest BCUT2D eigenvalue weighted by atomic mass is 10.3. The number of hydrogen-bond acceptors (Lipinski definition) is 5. The van der Waals surface area contributed by atoms with E-state index in [9.17, 15) is 13.5 Å². The fourth-order valence-corrected chi connectivity index (χ4v) is 3.33. The summed E-state index contributed by atoms with van der Waals surface area (Å²) in [6.07, 6.45) is -1.09. The van der Waals surface area contributed by atoms with Crippen LogP contribution in [0.2, 0.25) is 5.02 Å². The predicted molar refractivity (Wildman–Crippen MR) is 81.6 cm³/mol. The monoisotopic (exact) mass is 345 g/mol. The van der Waals surface area contributed by atoms with Crippen LogP contribution in [0.25, 0.3) is 0 Å². The summed E-state index contributed by atoms with van der Waals surface area (Å²) in [4.78, 5) is -0.0923. The van der Waals surface area contributed by atoms with Crippen molar-refractivity contribution < 1.29 is 22.7 Å². The molecule has 2 aromatic rings. The average molecular weight is 346 g/mol. The van der Waals surface area contributed by atoms with Crippen LogP contribution in [-0.4, -0.2) is 27.2 Å². The fraction of sp³-hybridized carbons (Fsp3) is 0.286. The van der Waals surface area contributed by atoms with Crippen molar-refractivity contribution in [1.82, 2.24) is 4.72 Å². The highest BCUT2D eigenvalue weighted by molar-refractivity contribution is 7.89. The first-order valence-corrected chi connectivity index (χ1v) is 8.27. The number of aliphatic hydroxyl groups is 1. The van der Waals surface area contributed by atoms with Crippen LogP contribution in [0, 0.1) is 6.92 Å². The fourth-order valence-electron chi connectivity index (χ4n) is 1.86. The Balaban J connectivity index is 2.16. The molecule has 1 aromatic heterocycles. The predicted octanol–water partition coefficient (Wildman–Crippen LogP) is 2.26. The molecule has 6 nitrogen and oxygen atoms in total. The molecule has 22 heavy (non-hydrogen) atoms. The van der Waals surface area contributed by atoms with E-state index < -0.39 is 16.1 Å². The van der Waals surface area contributed by atoms with Gasteiger partial charge in [0.2, 0.25) is 10.0 Å². The summed E-state index contributed by atoms with van der Waals surface area (Å²) in [5.41, 5.74) is 0. The molecule has 0 spiro atoms. The molecule has 0 unspecified atom stereocenters. The summed E-state index contributed by atoms with van der Waals surface area (Å²) < 4.78 is 37.2. The Labute approximate surface area is 133 Å². The molecule has 1 aromatic carbocycles. The van der Waals surface area contributed by atoms with Gasteiger partial charge in [-0.25, -0.2) is 13.1 Å². The van der Waals surface area contributed by atoms with E-state index in [0.29, 0.717) is 11.5 Å². The molecule has 1 heterocycles. The zero-order valence-corrected chi connectivity index (χ0v) is 13.6. The maximum absolute atomic E-state index is 12.3. The Hall–Kier alpha value is -1.54. The quantitative estimate of drug-likeness (QED) is 0.838. The van der Waals surface area contributed by atoms with Gasteiger partial charge in [-0.15, -0.1) is 0 Å². The third kappa shape index (κ3) is 3.80. The lowest BCUT2D eigenvalue weighted by Crippen LogP contribution is -2.28. The Morgan fingerprint density at radius 1 is 1.36 bits per heavy atom. The molecule has 0 aliphatic carbocycles. The summed E-state index contributed by atoms with van der Waals surface area (Å²) in [6.45, 7) is 1.50. The number of rotatable bonds is 6. The average Bonchev–Trinajstić information content (AvgIpc) is 2.91. The first-order chi connectivity index (χ1) is 10.3. The van der Waals surface area contributed by atoms with Gasteiger partial charge in [0.15, 0.2) is 0 Å². The number of nitrogens with one attached hydrogen (secondary N) is 1. The van der Waals surface area contributed by atoms with Crippen molar-refractivity contribution in [3.8, 4) is 5.75 Å². The molecular weight excluding hydrogens is 330 g/mol. The van der Waals surface area contributed by atoms with E-state index in [1.807, 2.05) is 0 Å².